The van der Waals surface area contributed by atoms with Crippen molar-refractivity contribution in [3.8, 4) is 0 Å². The first-order valence-corrected chi connectivity index (χ1v) is 7.50. The summed E-state index contributed by atoms with van der Waals surface area (Å²) in [6, 6.07) is 0. The van der Waals surface area contributed by atoms with Crippen molar-refractivity contribution in [2.45, 2.75) is 57.0 Å². The van der Waals surface area contributed by atoms with Crippen LogP contribution in [0.4, 0.5) is 4.79 Å². The van der Waals surface area contributed by atoms with Crippen LogP contribution < -0.4 is 5.32 Å². The lowest BCUT2D eigenvalue weighted by Gasteiger charge is -2.60. The zero-order valence-corrected chi connectivity index (χ0v) is 12.1. The molecule has 0 radical (unpaired) electrons. The van der Waals surface area contributed by atoms with Gasteiger partial charge in [-0.15, -0.1) is 0 Å². The molecule has 0 aromatic carbocycles. The Morgan fingerprint density at radius 1 is 1.45 bits per heavy atom. The number of alkyl carbamates (subject to hydrolysis) is 1. The minimum atomic E-state index is -0.844. The molecule has 112 valence electrons. The highest BCUT2D eigenvalue weighted by molar-refractivity contribution is 5.68. The number of nitro groups is 1. The van der Waals surface area contributed by atoms with E-state index < -0.39 is 17.2 Å². The molecule has 5 unspecified atom stereocenters. The third kappa shape index (κ3) is 1.80. The lowest BCUT2D eigenvalue weighted by Crippen LogP contribution is -2.70. The molecule has 4 aliphatic carbocycles. The van der Waals surface area contributed by atoms with Gasteiger partial charge in [0, 0.05) is 23.7 Å². The number of hydrogen-bond donors (Lipinski definition) is 1. The fourth-order valence-corrected chi connectivity index (χ4v) is 5.19. The van der Waals surface area contributed by atoms with Gasteiger partial charge in [0.1, 0.15) is 0 Å². The lowest BCUT2D eigenvalue weighted by molar-refractivity contribution is -0.600. The summed E-state index contributed by atoms with van der Waals surface area (Å²) in [6.45, 7) is 4.11. The zero-order chi connectivity index (χ0) is 14.5. The maximum Gasteiger partial charge on any atom is 0.407 e. The van der Waals surface area contributed by atoms with Crippen molar-refractivity contribution in [3.63, 3.8) is 0 Å². The van der Waals surface area contributed by atoms with Gasteiger partial charge in [0.15, 0.2) is 0 Å². The number of amides is 1. The van der Waals surface area contributed by atoms with Crippen LogP contribution in [0.2, 0.25) is 0 Å². The van der Waals surface area contributed by atoms with E-state index in [9.17, 15) is 14.9 Å². The summed E-state index contributed by atoms with van der Waals surface area (Å²) in [4.78, 5) is 23.4. The van der Waals surface area contributed by atoms with Crippen LogP contribution in [-0.4, -0.2) is 28.7 Å². The average Bonchev–Trinajstić information content (AvgIpc) is 2.34. The van der Waals surface area contributed by atoms with Crippen LogP contribution in [0.5, 0.6) is 0 Å². The minimum absolute atomic E-state index is 0.0727. The van der Waals surface area contributed by atoms with Gasteiger partial charge in [-0.2, -0.15) is 0 Å². The molecule has 1 N–H and O–H groups in total. The largest absolute Gasteiger partial charge is 0.450 e. The van der Waals surface area contributed by atoms with E-state index in [0.717, 1.165) is 19.3 Å². The van der Waals surface area contributed by atoms with Crippen LogP contribution in [0.1, 0.15) is 46.0 Å². The van der Waals surface area contributed by atoms with Gasteiger partial charge < -0.3 is 10.1 Å². The molecule has 0 spiro atoms. The van der Waals surface area contributed by atoms with Gasteiger partial charge in [-0.1, -0.05) is 6.92 Å². The number of ether oxygens (including phenoxy) is 1. The SMILES string of the molecule is CCOC(=O)NC12CC3CC(C1)C(C)C([N+](=O)[O-])(C3)C2. The van der Waals surface area contributed by atoms with E-state index in [0.29, 0.717) is 31.3 Å². The highest BCUT2D eigenvalue weighted by Crippen LogP contribution is 2.61. The third-order valence-electron chi connectivity index (χ3n) is 5.82. The van der Waals surface area contributed by atoms with E-state index in [1.54, 1.807) is 6.92 Å². The zero-order valence-electron chi connectivity index (χ0n) is 12.1. The standard InChI is InChI=1S/C14H22N2O4/c1-3-20-12(17)15-13-5-10-4-11(7-13)9(2)14(6-10,8-13)16(18)19/h9-11H,3-8H2,1-2H3,(H,15,17). The normalized spacial score (nSPS) is 45.2. The Hall–Kier alpha value is -1.33. The van der Waals surface area contributed by atoms with Crippen LogP contribution >= 0.6 is 0 Å². The number of carbonyl (C=O) groups excluding carboxylic acids is 1. The maximum atomic E-state index is 11.8. The number of hydrogen-bond acceptors (Lipinski definition) is 4. The molecule has 20 heavy (non-hydrogen) atoms. The molecule has 0 aromatic heterocycles. The average molecular weight is 282 g/mol. The van der Waals surface area contributed by atoms with Gasteiger partial charge in [0.05, 0.1) is 12.1 Å². The van der Waals surface area contributed by atoms with Crippen LogP contribution in [0, 0.1) is 27.9 Å². The second-order valence-corrected chi connectivity index (χ2v) is 6.93. The van der Waals surface area contributed by atoms with Crippen molar-refractivity contribution < 1.29 is 14.5 Å². The van der Waals surface area contributed by atoms with Crippen molar-refractivity contribution >= 4 is 6.09 Å². The van der Waals surface area contributed by atoms with Crippen LogP contribution in [0.15, 0.2) is 0 Å². The smallest absolute Gasteiger partial charge is 0.407 e. The summed E-state index contributed by atoms with van der Waals surface area (Å²) >= 11 is 0. The first-order chi connectivity index (χ1) is 9.41. The van der Waals surface area contributed by atoms with E-state index >= 15 is 0 Å². The summed E-state index contributed by atoms with van der Waals surface area (Å²) in [5.41, 5.74) is -1.26. The molecular weight excluding hydrogens is 260 g/mol. The van der Waals surface area contributed by atoms with Crippen molar-refractivity contribution in [2.24, 2.45) is 17.8 Å². The van der Waals surface area contributed by atoms with Gasteiger partial charge >= 0.3 is 6.09 Å². The molecule has 0 aromatic rings. The summed E-state index contributed by atoms with van der Waals surface area (Å²) < 4.78 is 4.98. The van der Waals surface area contributed by atoms with E-state index in [-0.39, 0.29) is 10.8 Å². The molecule has 4 rings (SSSR count). The molecule has 5 atom stereocenters. The second-order valence-electron chi connectivity index (χ2n) is 6.93. The third-order valence-corrected chi connectivity index (χ3v) is 5.82. The van der Waals surface area contributed by atoms with E-state index in [1.807, 2.05) is 6.92 Å². The van der Waals surface area contributed by atoms with Gasteiger partial charge in [0.2, 0.25) is 5.54 Å². The fourth-order valence-electron chi connectivity index (χ4n) is 5.19. The van der Waals surface area contributed by atoms with Gasteiger partial charge in [0.25, 0.3) is 0 Å². The van der Waals surface area contributed by atoms with Crippen LogP contribution in [0.3, 0.4) is 0 Å². The topological polar surface area (TPSA) is 81.5 Å². The minimum Gasteiger partial charge on any atom is -0.450 e. The summed E-state index contributed by atoms with van der Waals surface area (Å²) in [6.07, 6.45) is 3.50. The Bertz CT molecular complexity index is 454. The highest BCUT2D eigenvalue weighted by atomic mass is 16.6. The number of nitrogens with zero attached hydrogens (tertiary/aromatic N) is 1. The van der Waals surface area contributed by atoms with Crippen molar-refractivity contribution in [1.29, 1.82) is 0 Å². The molecule has 4 aliphatic rings. The Labute approximate surface area is 118 Å². The van der Waals surface area contributed by atoms with Gasteiger partial charge in [-0.25, -0.2) is 4.79 Å². The molecule has 0 aliphatic heterocycles. The quantitative estimate of drug-likeness (QED) is 0.636. The molecule has 1 amide bonds. The van der Waals surface area contributed by atoms with E-state index in [4.69, 9.17) is 4.74 Å². The molecule has 4 saturated carbocycles. The predicted octanol–water partition coefficient (Wildman–Crippen LogP) is 2.35. The molecule has 0 saturated heterocycles. The van der Waals surface area contributed by atoms with Crippen molar-refractivity contribution in [2.75, 3.05) is 6.61 Å². The molecular formula is C14H22N2O4. The van der Waals surface area contributed by atoms with E-state index in [2.05, 4.69) is 5.32 Å². The first-order valence-electron chi connectivity index (χ1n) is 7.50. The molecule has 6 heteroatoms. The monoisotopic (exact) mass is 282 g/mol. The predicted molar refractivity (Wildman–Crippen MR) is 71.8 cm³/mol. The van der Waals surface area contributed by atoms with Gasteiger partial charge in [-0.05, 0) is 38.0 Å². The van der Waals surface area contributed by atoms with Crippen molar-refractivity contribution in [1.82, 2.24) is 5.32 Å². The van der Waals surface area contributed by atoms with Crippen LogP contribution in [-0.2, 0) is 4.74 Å². The highest BCUT2D eigenvalue weighted by Gasteiger charge is 2.68. The maximum absolute atomic E-state index is 11.8. The summed E-state index contributed by atoms with van der Waals surface area (Å²) in [7, 11) is 0. The summed E-state index contributed by atoms with van der Waals surface area (Å²) in [5.74, 6) is 0.820. The Balaban J connectivity index is 1.88. The molecule has 6 nitrogen and oxygen atoms in total. The van der Waals surface area contributed by atoms with E-state index in [1.165, 1.54) is 0 Å². The fraction of sp³-hybridized carbons (Fsp3) is 0.929. The van der Waals surface area contributed by atoms with Crippen LogP contribution in [0.25, 0.3) is 0 Å². The molecule has 0 heterocycles. The first kappa shape index (κ1) is 13.6. The molecule has 4 fully saturated rings. The Kier molecular flexibility index (Phi) is 2.95. The Morgan fingerprint density at radius 2 is 2.20 bits per heavy atom. The lowest BCUT2D eigenvalue weighted by atomic mass is 9.46. The number of rotatable bonds is 3. The second kappa shape index (κ2) is 4.33. The van der Waals surface area contributed by atoms with Gasteiger partial charge in [-0.3, -0.25) is 10.1 Å². The number of nitrogens with one attached hydrogen (secondary N) is 1. The Morgan fingerprint density at radius 3 is 2.85 bits per heavy atom. The molecule has 4 bridgehead atoms. The summed E-state index contributed by atoms with van der Waals surface area (Å²) in [5, 5.41) is 14.6. The number of carbonyl (C=O) groups is 1. The van der Waals surface area contributed by atoms with Crippen molar-refractivity contribution in [3.05, 3.63) is 10.1 Å².